The Morgan fingerprint density at radius 3 is 2.86 bits per heavy atom. The van der Waals surface area contributed by atoms with Gasteiger partial charge in [-0.05, 0) is 30.5 Å². The molecule has 2 amide bonds. The molecule has 0 aromatic carbocycles. The second-order valence-corrected chi connectivity index (χ2v) is 5.82. The maximum atomic E-state index is 12.5. The Kier molecular flexibility index (Phi) is 5.31. The molecule has 1 fully saturated rings. The van der Waals surface area contributed by atoms with Crippen LogP contribution >= 0.6 is 0 Å². The van der Waals surface area contributed by atoms with Gasteiger partial charge in [0.2, 0.25) is 11.8 Å². The van der Waals surface area contributed by atoms with Crippen molar-refractivity contribution in [2.24, 2.45) is 0 Å². The summed E-state index contributed by atoms with van der Waals surface area (Å²) in [5.74, 6) is 0.207. The summed E-state index contributed by atoms with van der Waals surface area (Å²) in [6, 6.07) is 3.92. The van der Waals surface area contributed by atoms with Crippen LogP contribution in [0.5, 0.6) is 0 Å². The topological polar surface area (TPSA) is 53.5 Å². The Labute approximate surface area is 131 Å². The van der Waals surface area contributed by atoms with E-state index in [0.29, 0.717) is 26.1 Å². The maximum Gasteiger partial charge on any atom is 0.246 e. The number of amides is 2. The summed E-state index contributed by atoms with van der Waals surface area (Å²) >= 11 is 0. The second kappa shape index (κ2) is 7.20. The summed E-state index contributed by atoms with van der Waals surface area (Å²) in [4.78, 5) is 31.9. The van der Waals surface area contributed by atoms with Crippen LogP contribution in [-0.4, -0.2) is 52.3 Å². The highest BCUT2D eigenvalue weighted by Gasteiger charge is 2.29. The van der Waals surface area contributed by atoms with E-state index < -0.39 is 0 Å². The zero-order valence-electron chi connectivity index (χ0n) is 13.2. The Bertz CT molecular complexity index is 544. The van der Waals surface area contributed by atoms with E-state index in [2.05, 4.69) is 11.6 Å². The third-order valence-electron chi connectivity index (χ3n) is 4.17. The van der Waals surface area contributed by atoms with Crippen molar-refractivity contribution in [3.8, 4) is 0 Å². The van der Waals surface area contributed by atoms with Crippen LogP contribution in [0.1, 0.15) is 31.7 Å². The smallest absolute Gasteiger partial charge is 0.246 e. The van der Waals surface area contributed by atoms with E-state index in [1.807, 2.05) is 37.1 Å². The highest BCUT2D eigenvalue weighted by Crippen LogP contribution is 2.21. The molecule has 1 unspecified atom stereocenters. The van der Waals surface area contributed by atoms with E-state index in [0.717, 1.165) is 5.56 Å². The molecular weight excluding hydrogens is 278 g/mol. The van der Waals surface area contributed by atoms with Gasteiger partial charge in [0, 0.05) is 44.5 Å². The summed E-state index contributed by atoms with van der Waals surface area (Å²) < 4.78 is 0. The first-order chi connectivity index (χ1) is 10.5. The van der Waals surface area contributed by atoms with Crippen LogP contribution in [0, 0.1) is 0 Å². The van der Waals surface area contributed by atoms with Gasteiger partial charge >= 0.3 is 0 Å². The number of nitrogens with zero attached hydrogens (tertiary/aromatic N) is 3. The molecule has 5 nitrogen and oxygen atoms in total. The van der Waals surface area contributed by atoms with Gasteiger partial charge in [0.1, 0.15) is 0 Å². The normalized spacial score (nSPS) is 19.6. The molecule has 2 rings (SSSR count). The number of carbonyl (C=O) groups excluding carboxylic acids is 2. The first kappa shape index (κ1) is 16.2. The van der Waals surface area contributed by atoms with Crippen LogP contribution in [-0.2, 0) is 9.59 Å². The zero-order valence-corrected chi connectivity index (χ0v) is 13.2. The van der Waals surface area contributed by atoms with Gasteiger partial charge in [-0.25, -0.2) is 0 Å². The molecular formula is C17H23N3O2. The van der Waals surface area contributed by atoms with E-state index in [1.165, 1.54) is 6.08 Å². The fourth-order valence-electron chi connectivity index (χ4n) is 2.82. The predicted octanol–water partition coefficient (Wildman–Crippen LogP) is 1.82. The van der Waals surface area contributed by atoms with Gasteiger partial charge < -0.3 is 9.80 Å². The molecule has 1 aliphatic heterocycles. The van der Waals surface area contributed by atoms with Crippen LogP contribution in [0.3, 0.4) is 0 Å². The van der Waals surface area contributed by atoms with E-state index in [-0.39, 0.29) is 23.8 Å². The van der Waals surface area contributed by atoms with Crippen LogP contribution in [0.15, 0.2) is 37.2 Å². The number of aromatic nitrogens is 1. The summed E-state index contributed by atoms with van der Waals surface area (Å²) in [5, 5.41) is 0. The van der Waals surface area contributed by atoms with E-state index >= 15 is 0 Å². The quantitative estimate of drug-likeness (QED) is 0.797. The van der Waals surface area contributed by atoms with Crippen molar-refractivity contribution < 1.29 is 9.59 Å². The Morgan fingerprint density at radius 1 is 1.50 bits per heavy atom. The van der Waals surface area contributed by atoms with Crippen molar-refractivity contribution in [3.05, 3.63) is 42.7 Å². The largest absolute Gasteiger partial charge is 0.336 e. The first-order valence-electron chi connectivity index (χ1n) is 7.63. The molecule has 0 N–H and O–H groups in total. The molecule has 0 spiro atoms. The molecule has 0 saturated carbocycles. The van der Waals surface area contributed by atoms with E-state index in [9.17, 15) is 9.59 Å². The van der Waals surface area contributed by atoms with Crippen LogP contribution in [0.2, 0.25) is 0 Å². The fourth-order valence-corrected chi connectivity index (χ4v) is 2.82. The lowest BCUT2D eigenvalue weighted by Crippen LogP contribution is -2.55. The molecule has 118 valence electrons. The molecule has 0 bridgehead atoms. The minimum absolute atomic E-state index is 0.0336. The molecule has 1 aromatic heterocycles. The van der Waals surface area contributed by atoms with Crippen molar-refractivity contribution in [3.63, 3.8) is 0 Å². The Balaban J connectivity index is 1.93. The summed E-state index contributed by atoms with van der Waals surface area (Å²) in [5.41, 5.74) is 1.07. The van der Waals surface area contributed by atoms with Gasteiger partial charge in [0.25, 0.3) is 0 Å². The van der Waals surface area contributed by atoms with Crippen molar-refractivity contribution in [2.75, 3.05) is 19.6 Å². The Morgan fingerprint density at radius 2 is 2.27 bits per heavy atom. The molecule has 1 aliphatic rings. The minimum atomic E-state index is -0.0670. The van der Waals surface area contributed by atoms with Crippen molar-refractivity contribution in [1.29, 1.82) is 0 Å². The van der Waals surface area contributed by atoms with Gasteiger partial charge in [0.15, 0.2) is 0 Å². The van der Waals surface area contributed by atoms with E-state index in [1.54, 1.807) is 11.1 Å². The minimum Gasteiger partial charge on any atom is -0.336 e. The van der Waals surface area contributed by atoms with Gasteiger partial charge in [-0.15, -0.1) is 0 Å². The van der Waals surface area contributed by atoms with Gasteiger partial charge in [-0.3, -0.25) is 14.6 Å². The molecule has 2 atom stereocenters. The average Bonchev–Trinajstić information content (AvgIpc) is 2.54. The number of rotatable bonds is 4. The molecule has 1 aromatic rings. The highest BCUT2D eigenvalue weighted by molar-refractivity contribution is 5.87. The standard InChI is InChI=1S/C17H23N3O2/c1-4-16(21)19-8-9-20(14(3)12-19)17(22)10-13(2)15-6-5-7-18-11-15/h4-7,11,13-14H,1,8-10,12H2,2-3H3/t13?,14-/m0/s1. The molecule has 0 aliphatic carbocycles. The average molecular weight is 301 g/mol. The van der Waals surface area contributed by atoms with Crippen LogP contribution in [0.25, 0.3) is 0 Å². The monoisotopic (exact) mass is 301 g/mol. The molecule has 1 saturated heterocycles. The van der Waals surface area contributed by atoms with Gasteiger partial charge in [-0.2, -0.15) is 0 Å². The van der Waals surface area contributed by atoms with Crippen molar-refractivity contribution in [1.82, 2.24) is 14.8 Å². The predicted molar refractivity (Wildman–Crippen MR) is 85.2 cm³/mol. The maximum absolute atomic E-state index is 12.5. The highest BCUT2D eigenvalue weighted by atomic mass is 16.2. The second-order valence-electron chi connectivity index (χ2n) is 5.82. The first-order valence-corrected chi connectivity index (χ1v) is 7.63. The molecule has 2 heterocycles. The lowest BCUT2D eigenvalue weighted by Gasteiger charge is -2.40. The molecule has 22 heavy (non-hydrogen) atoms. The number of hydrogen-bond donors (Lipinski definition) is 0. The van der Waals surface area contributed by atoms with Gasteiger partial charge in [0.05, 0.1) is 0 Å². The van der Waals surface area contributed by atoms with Crippen LogP contribution in [0.4, 0.5) is 0 Å². The van der Waals surface area contributed by atoms with E-state index in [4.69, 9.17) is 0 Å². The number of carbonyl (C=O) groups is 2. The molecule has 0 radical (unpaired) electrons. The summed E-state index contributed by atoms with van der Waals surface area (Å²) in [6.07, 6.45) is 5.33. The zero-order chi connectivity index (χ0) is 16.1. The van der Waals surface area contributed by atoms with Gasteiger partial charge in [-0.1, -0.05) is 19.6 Å². The Hall–Kier alpha value is -2.17. The fraction of sp³-hybridized carbons (Fsp3) is 0.471. The lowest BCUT2D eigenvalue weighted by atomic mass is 9.98. The summed E-state index contributed by atoms with van der Waals surface area (Å²) in [7, 11) is 0. The summed E-state index contributed by atoms with van der Waals surface area (Å²) in [6.45, 7) is 9.25. The van der Waals surface area contributed by atoms with Crippen LogP contribution < -0.4 is 0 Å². The molecule has 5 heteroatoms. The van der Waals surface area contributed by atoms with Crippen molar-refractivity contribution >= 4 is 11.8 Å². The number of hydrogen-bond acceptors (Lipinski definition) is 3. The van der Waals surface area contributed by atoms with Crippen molar-refractivity contribution in [2.45, 2.75) is 32.2 Å². The third kappa shape index (κ3) is 3.72. The third-order valence-corrected chi connectivity index (χ3v) is 4.17. The number of piperazine rings is 1. The lowest BCUT2D eigenvalue weighted by molar-refractivity contribution is -0.140. The SMILES string of the molecule is C=CC(=O)N1CCN(C(=O)CC(C)c2cccnc2)[C@@H](C)C1. The number of pyridine rings is 1.